The maximum atomic E-state index is 9.02. The lowest BCUT2D eigenvalue weighted by Crippen LogP contribution is -2.41. The van der Waals surface area contributed by atoms with Crippen LogP contribution in [0.4, 0.5) is 0 Å². The molecule has 1 aliphatic carbocycles. The molecule has 3 rings (SSSR count). The van der Waals surface area contributed by atoms with E-state index in [1.165, 1.54) is 5.56 Å². The summed E-state index contributed by atoms with van der Waals surface area (Å²) in [5.74, 6) is 0.498. The first-order chi connectivity index (χ1) is 9.83. The highest BCUT2D eigenvalue weighted by molar-refractivity contribution is 5.14. The first-order valence-corrected chi connectivity index (χ1v) is 7.86. The number of likely N-dealkylation sites (tertiary alicyclic amines) is 1. The Morgan fingerprint density at radius 1 is 1.05 bits per heavy atom. The topological polar surface area (TPSA) is 32.7 Å². The molecule has 0 atom stereocenters. The van der Waals surface area contributed by atoms with Crippen LogP contribution in [0.3, 0.4) is 0 Å². The van der Waals surface area contributed by atoms with Crippen LogP contribution in [0.15, 0.2) is 30.3 Å². The van der Waals surface area contributed by atoms with Gasteiger partial charge in [-0.1, -0.05) is 30.3 Å². The smallest absolute Gasteiger partial charge is 0.0603 e. The molecule has 0 spiro atoms. The van der Waals surface area contributed by atoms with Crippen LogP contribution in [0.5, 0.6) is 0 Å². The predicted molar refractivity (Wildman–Crippen MR) is 79.4 cm³/mol. The number of aliphatic hydroxyl groups is 1. The average Bonchev–Trinajstić information content (AvgIpc) is 2.45. The van der Waals surface area contributed by atoms with Gasteiger partial charge in [-0.3, -0.25) is 4.90 Å². The van der Waals surface area contributed by atoms with Gasteiger partial charge < -0.3 is 9.84 Å². The number of benzene rings is 1. The van der Waals surface area contributed by atoms with Crippen LogP contribution in [-0.4, -0.2) is 41.9 Å². The Morgan fingerprint density at radius 2 is 1.75 bits per heavy atom. The van der Waals surface area contributed by atoms with E-state index < -0.39 is 0 Å². The van der Waals surface area contributed by atoms with Gasteiger partial charge in [0.15, 0.2) is 0 Å². The number of piperidine rings is 1. The molecule has 0 amide bonds. The van der Waals surface area contributed by atoms with E-state index in [0.717, 1.165) is 45.3 Å². The van der Waals surface area contributed by atoms with Gasteiger partial charge >= 0.3 is 0 Å². The molecule has 1 aromatic rings. The van der Waals surface area contributed by atoms with Gasteiger partial charge in [0.05, 0.1) is 12.2 Å². The predicted octanol–water partition coefficient (Wildman–Crippen LogP) is 2.44. The second kappa shape index (κ2) is 6.70. The Bertz CT molecular complexity index is 395. The van der Waals surface area contributed by atoms with Gasteiger partial charge in [0.1, 0.15) is 0 Å². The number of ether oxygens (including phenoxy) is 1. The molecule has 20 heavy (non-hydrogen) atoms. The lowest BCUT2D eigenvalue weighted by Gasteiger charge is -2.39. The van der Waals surface area contributed by atoms with E-state index in [-0.39, 0.29) is 0 Å². The Morgan fingerprint density at radius 3 is 2.40 bits per heavy atom. The summed E-state index contributed by atoms with van der Waals surface area (Å²) >= 11 is 0. The van der Waals surface area contributed by atoms with Crippen LogP contribution in [0.2, 0.25) is 0 Å². The molecule has 3 nitrogen and oxygen atoms in total. The van der Waals surface area contributed by atoms with Crippen molar-refractivity contribution in [3.63, 3.8) is 0 Å². The summed E-state index contributed by atoms with van der Waals surface area (Å²) in [6.07, 6.45) is 5.26. The molecular weight excluding hydrogens is 250 g/mol. The SMILES string of the molecule is OC[C@H]1C[C@@H](OC2CCN(Cc3ccccc3)CC2)C1. The van der Waals surface area contributed by atoms with E-state index in [2.05, 4.69) is 35.2 Å². The minimum Gasteiger partial charge on any atom is -0.396 e. The summed E-state index contributed by atoms with van der Waals surface area (Å²) in [4.78, 5) is 2.52. The zero-order valence-corrected chi connectivity index (χ0v) is 12.1. The first-order valence-electron chi connectivity index (χ1n) is 7.86. The summed E-state index contributed by atoms with van der Waals surface area (Å²) in [7, 11) is 0. The largest absolute Gasteiger partial charge is 0.396 e. The summed E-state index contributed by atoms with van der Waals surface area (Å²) in [5.41, 5.74) is 1.40. The van der Waals surface area contributed by atoms with Crippen molar-refractivity contribution in [1.29, 1.82) is 0 Å². The third-order valence-corrected chi connectivity index (χ3v) is 4.62. The lowest BCUT2D eigenvalue weighted by atomic mass is 9.83. The lowest BCUT2D eigenvalue weighted by molar-refractivity contribution is -0.101. The number of rotatable bonds is 5. The van der Waals surface area contributed by atoms with E-state index in [4.69, 9.17) is 9.84 Å². The second-order valence-electron chi connectivity index (χ2n) is 6.24. The maximum absolute atomic E-state index is 9.02. The van der Waals surface area contributed by atoms with E-state index in [9.17, 15) is 0 Å². The average molecular weight is 275 g/mol. The molecule has 1 heterocycles. The summed E-state index contributed by atoms with van der Waals surface area (Å²) in [6.45, 7) is 3.66. The molecule has 1 saturated carbocycles. The van der Waals surface area contributed by atoms with Crippen molar-refractivity contribution in [2.75, 3.05) is 19.7 Å². The van der Waals surface area contributed by atoms with Crippen molar-refractivity contribution in [2.24, 2.45) is 5.92 Å². The molecule has 2 aliphatic rings. The van der Waals surface area contributed by atoms with Crippen molar-refractivity contribution in [2.45, 2.75) is 44.4 Å². The molecule has 110 valence electrons. The van der Waals surface area contributed by atoms with E-state index >= 15 is 0 Å². The van der Waals surface area contributed by atoms with Crippen molar-refractivity contribution in [3.8, 4) is 0 Å². The maximum Gasteiger partial charge on any atom is 0.0603 e. The fourth-order valence-electron chi connectivity index (χ4n) is 3.25. The Kier molecular flexibility index (Phi) is 4.71. The fraction of sp³-hybridized carbons (Fsp3) is 0.647. The minimum atomic E-state index is 0.329. The number of aliphatic hydroxyl groups excluding tert-OH is 1. The third kappa shape index (κ3) is 3.60. The van der Waals surface area contributed by atoms with Gasteiger partial charge in [-0.05, 0) is 37.2 Å². The first kappa shape index (κ1) is 14.1. The zero-order chi connectivity index (χ0) is 13.8. The molecule has 0 aromatic heterocycles. The monoisotopic (exact) mass is 275 g/mol. The minimum absolute atomic E-state index is 0.329. The van der Waals surface area contributed by atoms with Gasteiger partial charge in [0.25, 0.3) is 0 Å². The highest BCUT2D eigenvalue weighted by Crippen LogP contribution is 2.32. The number of hydrogen-bond donors (Lipinski definition) is 1. The Labute approximate surface area is 121 Å². The van der Waals surface area contributed by atoms with Crippen LogP contribution in [0, 0.1) is 5.92 Å². The van der Waals surface area contributed by atoms with Crippen molar-refractivity contribution >= 4 is 0 Å². The zero-order valence-electron chi connectivity index (χ0n) is 12.1. The van der Waals surface area contributed by atoms with Crippen LogP contribution in [0.25, 0.3) is 0 Å². The highest BCUT2D eigenvalue weighted by atomic mass is 16.5. The molecule has 3 heteroatoms. The summed E-state index contributed by atoms with van der Waals surface area (Å²) in [6, 6.07) is 10.7. The van der Waals surface area contributed by atoms with E-state index in [1.807, 2.05) is 0 Å². The quantitative estimate of drug-likeness (QED) is 0.896. The molecule has 1 N–H and O–H groups in total. The van der Waals surface area contributed by atoms with Gasteiger partial charge in [0, 0.05) is 26.2 Å². The summed E-state index contributed by atoms with van der Waals surface area (Å²) < 4.78 is 6.12. The molecule has 0 unspecified atom stereocenters. The van der Waals surface area contributed by atoms with Crippen LogP contribution >= 0.6 is 0 Å². The second-order valence-corrected chi connectivity index (χ2v) is 6.24. The van der Waals surface area contributed by atoms with Crippen LogP contribution in [-0.2, 0) is 11.3 Å². The van der Waals surface area contributed by atoms with Crippen LogP contribution in [0.1, 0.15) is 31.2 Å². The number of nitrogens with zero attached hydrogens (tertiary/aromatic N) is 1. The molecule has 2 fully saturated rings. The van der Waals surface area contributed by atoms with E-state index in [1.54, 1.807) is 0 Å². The molecule has 0 bridgehead atoms. The Balaban J connectivity index is 1.37. The molecule has 1 aromatic carbocycles. The van der Waals surface area contributed by atoms with Gasteiger partial charge in [-0.2, -0.15) is 0 Å². The van der Waals surface area contributed by atoms with Gasteiger partial charge in [-0.15, -0.1) is 0 Å². The number of hydrogen-bond acceptors (Lipinski definition) is 3. The Hall–Kier alpha value is -0.900. The van der Waals surface area contributed by atoms with Gasteiger partial charge in [-0.25, -0.2) is 0 Å². The fourth-order valence-corrected chi connectivity index (χ4v) is 3.25. The highest BCUT2D eigenvalue weighted by Gasteiger charge is 2.32. The molecular formula is C17H25NO2. The molecule has 1 saturated heterocycles. The molecule has 0 radical (unpaired) electrons. The normalized spacial score (nSPS) is 28.2. The molecule has 1 aliphatic heterocycles. The van der Waals surface area contributed by atoms with Crippen molar-refractivity contribution in [3.05, 3.63) is 35.9 Å². The van der Waals surface area contributed by atoms with Crippen molar-refractivity contribution in [1.82, 2.24) is 4.90 Å². The van der Waals surface area contributed by atoms with Crippen molar-refractivity contribution < 1.29 is 9.84 Å². The van der Waals surface area contributed by atoms with E-state index in [0.29, 0.717) is 24.7 Å². The summed E-state index contributed by atoms with van der Waals surface area (Å²) in [5, 5.41) is 9.02. The standard InChI is InChI=1S/C17H25NO2/c19-13-15-10-17(11-15)20-16-6-8-18(9-7-16)12-14-4-2-1-3-5-14/h1-5,15-17,19H,6-13H2/t15-,17+. The van der Waals surface area contributed by atoms with Crippen LogP contribution < -0.4 is 0 Å². The van der Waals surface area contributed by atoms with Gasteiger partial charge in [0.2, 0.25) is 0 Å². The third-order valence-electron chi connectivity index (χ3n) is 4.62.